The lowest BCUT2D eigenvalue weighted by Gasteiger charge is -2.36. The van der Waals surface area contributed by atoms with Crippen LogP contribution in [-0.2, 0) is 9.59 Å². The minimum Gasteiger partial charge on any atom is -0.354 e. The number of imide groups is 1. The van der Waals surface area contributed by atoms with Gasteiger partial charge < -0.3 is 16.0 Å². The maximum absolute atomic E-state index is 12.4. The first-order valence-electron chi connectivity index (χ1n) is 10.2. The van der Waals surface area contributed by atoms with E-state index in [1.54, 1.807) is 0 Å². The topological polar surface area (TPSA) is 103 Å². The minimum absolute atomic E-state index is 0. The Bertz CT molecular complexity index is 526. The zero-order chi connectivity index (χ0) is 19.8. The van der Waals surface area contributed by atoms with Crippen LogP contribution in [0.4, 0.5) is 4.79 Å². The molecule has 162 valence electrons. The molecule has 28 heavy (non-hydrogen) atoms. The Morgan fingerprint density at radius 3 is 2.50 bits per heavy atom. The SMILES string of the molecule is CC(C)CNC(=O)NC(=O)C(C)N1CCCC(CNC(=O)C2CCCN2)C1.Cl. The molecule has 2 aliphatic rings. The lowest BCUT2D eigenvalue weighted by molar-refractivity contribution is -0.126. The molecule has 9 heteroatoms. The molecule has 2 rings (SSSR count). The number of nitrogens with zero attached hydrogens (tertiary/aromatic N) is 1. The van der Waals surface area contributed by atoms with Crippen LogP contribution < -0.4 is 21.3 Å². The highest BCUT2D eigenvalue weighted by atomic mass is 35.5. The fourth-order valence-corrected chi connectivity index (χ4v) is 3.62. The van der Waals surface area contributed by atoms with E-state index in [2.05, 4.69) is 26.2 Å². The number of piperidine rings is 1. The third-order valence-electron chi connectivity index (χ3n) is 5.33. The summed E-state index contributed by atoms with van der Waals surface area (Å²) in [4.78, 5) is 38.4. The number of carbonyl (C=O) groups is 3. The number of rotatable bonds is 7. The van der Waals surface area contributed by atoms with E-state index >= 15 is 0 Å². The minimum atomic E-state index is -0.439. The lowest BCUT2D eigenvalue weighted by Crippen LogP contribution is -2.53. The molecule has 0 aliphatic carbocycles. The first-order valence-corrected chi connectivity index (χ1v) is 10.2. The quantitative estimate of drug-likeness (QED) is 0.492. The van der Waals surface area contributed by atoms with Gasteiger partial charge in [0, 0.05) is 19.6 Å². The first-order chi connectivity index (χ1) is 12.9. The molecule has 3 unspecified atom stereocenters. The van der Waals surface area contributed by atoms with Gasteiger partial charge in [-0.2, -0.15) is 0 Å². The Hall–Kier alpha value is -1.38. The van der Waals surface area contributed by atoms with E-state index in [0.29, 0.717) is 24.9 Å². The van der Waals surface area contributed by atoms with Gasteiger partial charge in [-0.15, -0.1) is 12.4 Å². The van der Waals surface area contributed by atoms with Gasteiger partial charge in [-0.3, -0.25) is 19.8 Å². The molecule has 0 radical (unpaired) electrons. The van der Waals surface area contributed by atoms with Gasteiger partial charge in [-0.25, -0.2) is 4.79 Å². The van der Waals surface area contributed by atoms with Gasteiger partial charge in [-0.05, 0) is 57.5 Å². The lowest BCUT2D eigenvalue weighted by atomic mass is 9.96. The summed E-state index contributed by atoms with van der Waals surface area (Å²) >= 11 is 0. The molecule has 4 amide bonds. The predicted molar refractivity (Wildman–Crippen MR) is 111 cm³/mol. The van der Waals surface area contributed by atoms with Crippen molar-refractivity contribution in [2.24, 2.45) is 11.8 Å². The van der Waals surface area contributed by atoms with Crippen LogP contribution in [0.25, 0.3) is 0 Å². The summed E-state index contributed by atoms with van der Waals surface area (Å²) in [6.45, 7) is 9.49. The third-order valence-corrected chi connectivity index (χ3v) is 5.33. The molecule has 0 aromatic rings. The molecule has 0 bridgehead atoms. The number of hydrogen-bond acceptors (Lipinski definition) is 5. The second-order valence-corrected chi connectivity index (χ2v) is 8.17. The Kier molecular flexibility index (Phi) is 10.8. The van der Waals surface area contributed by atoms with Crippen molar-refractivity contribution in [1.29, 1.82) is 0 Å². The summed E-state index contributed by atoms with van der Waals surface area (Å²) < 4.78 is 0. The smallest absolute Gasteiger partial charge is 0.321 e. The van der Waals surface area contributed by atoms with E-state index in [-0.39, 0.29) is 36.3 Å². The van der Waals surface area contributed by atoms with E-state index in [1.807, 2.05) is 20.8 Å². The van der Waals surface area contributed by atoms with Gasteiger partial charge in [0.2, 0.25) is 11.8 Å². The Morgan fingerprint density at radius 1 is 1.11 bits per heavy atom. The van der Waals surface area contributed by atoms with Crippen molar-refractivity contribution in [3.63, 3.8) is 0 Å². The molecular formula is C19H36ClN5O3. The summed E-state index contributed by atoms with van der Waals surface area (Å²) in [6, 6.07) is -0.867. The Labute approximate surface area is 174 Å². The van der Waals surface area contributed by atoms with Crippen molar-refractivity contribution in [3.05, 3.63) is 0 Å². The maximum atomic E-state index is 12.4. The van der Waals surface area contributed by atoms with Crippen molar-refractivity contribution in [3.8, 4) is 0 Å². The maximum Gasteiger partial charge on any atom is 0.321 e. The number of likely N-dealkylation sites (tertiary alicyclic amines) is 1. The predicted octanol–water partition coefficient (Wildman–Crippen LogP) is 0.859. The first kappa shape index (κ1) is 24.7. The van der Waals surface area contributed by atoms with Crippen molar-refractivity contribution < 1.29 is 14.4 Å². The molecule has 2 saturated heterocycles. The van der Waals surface area contributed by atoms with Crippen molar-refractivity contribution >= 4 is 30.3 Å². The molecule has 2 fully saturated rings. The fourth-order valence-electron chi connectivity index (χ4n) is 3.62. The number of halogens is 1. The van der Waals surface area contributed by atoms with Crippen LogP contribution in [-0.4, -0.2) is 67.6 Å². The Morgan fingerprint density at radius 2 is 1.86 bits per heavy atom. The van der Waals surface area contributed by atoms with Gasteiger partial charge in [0.05, 0.1) is 12.1 Å². The number of carbonyl (C=O) groups excluding carboxylic acids is 3. The standard InChI is InChI=1S/C19H35N5O3.ClH/c1-13(2)10-22-19(27)23-17(25)14(3)24-9-5-6-15(12-24)11-21-18(26)16-7-4-8-20-16;/h13-16,20H,4-12H2,1-3H3,(H,21,26)(H2,22,23,25,27);1H. The molecule has 0 saturated carbocycles. The fraction of sp³-hybridized carbons (Fsp3) is 0.842. The molecule has 0 aromatic carbocycles. The second kappa shape index (κ2) is 12.2. The number of nitrogens with one attached hydrogen (secondary N) is 4. The normalized spacial score (nSPS) is 23.6. The summed E-state index contributed by atoms with van der Waals surface area (Å²) in [5, 5.41) is 11.4. The van der Waals surface area contributed by atoms with Crippen LogP contribution in [0.3, 0.4) is 0 Å². The number of amides is 4. The summed E-state index contributed by atoms with van der Waals surface area (Å²) in [5.41, 5.74) is 0. The molecular weight excluding hydrogens is 382 g/mol. The van der Waals surface area contributed by atoms with Gasteiger partial charge in [0.25, 0.3) is 0 Å². The summed E-state index contributed by atoms with van der Waals surface area (Å²) in [6.07, 6.45) is 3.98. The highest BCUT2D eigenvalue weighted by Crippen LogP contribution is 2.18. The monoisotopic (exact) mass is 417 g/mol. The van der Waals surface area contributed by atoms with Crippen LogP contribution in [0.2, 0.25) is 0 Å². The van der Waals surface area contributed by atoms with Crippen LogP contribution in [0.5, 0.6) is 0 Å². The van der Waals surface area contributed by atoms with Crippen LogP contribution in [0.1, 0.15) is 46.5 Å². The van der Waals surface area contributed by atoms with Crippen molar-refractivity contribution in [1.82, 2.24) is 26.2 Å². The molecule has 3 atom stereocenters. The highest BCUT2D eigenvalue weighted by molar-refractivity contribution is 5.96. The van der Waals surface area contributed by atoms with Crippen LogP contribution in [0.15, 0.2) is 0 Å². The van der Waals surface area contributed by atoms with Crippen molar-refractivity contribution in [2.45, 2.75) is 58.5 Å². The van der Waals surface area contributed by atoms with Crippen molar-refractivity contribution in [2.75, 3.05) is 32.7 Å². The van der Waals surface area contributed by atoms with E-state index in [4.69, 9.17) is 0 Å². The third kappa shape index (κ3) is 7.93. The summed E-state index contributed by atoms with van der Waals surface area (Å²) in [5.74, 6) is 0.461. The van der Waals surface area contributed by atoms with Gasteiger partial charge in [0.15, 0.2) is 0 Å². The largest absolute Gasteiger partial charge is 0.354 e. The van der Waals surface area contributed by atoms with E-state index < -0.39 is 6.03 Å². The second-order valence-electron chi connectivity index (χ2n) is 8.17. The van der Waals surface area contributed by atoms with E-state index in [0.717, 1.165) is 45.3 Å². The highest BCUT2D eigenvalue weighted by Gasteiger charge is 2.29. The molecule has 0 aromatic heterocycles. The van der Waals surface area contributed by atoms with Crippen LogP contribution in [0, 0.1) is 11.8 Å². The zero-order valence-electron chi connectivity index (χ0n) is 17.3. The zero-order valence-corrected chi connectivity index (χ0v) is 18.1. The van der Waals surface area contributed by atoms with Crippen LogP contribution >= 0.6 is 12.4 Å². The van der Waals surface area contributed by atoms with Gasteiger partial charge in [-0.1, -0.05) is 13.8 Å². The number of hydrogen-bond donors (Lipinski definition) is 4. The molecule has 0 spiro atoms. The van der Waals surface area contributed by atoms with Gasteiger partial charge >= 0.3 is 6.03 Å². The average Bonchev–Trinajstić information content (AvgIpc) is 3.19. The molecule has 2 heterocycles. The van der Waals surface area contributed by atoms with E-state index in [1.165, 1.54) is 0 Å². The molecule has 2 aliphatic heterocycles. The molecule has 8 nitrogen and oxygen atoms in total. The van der Waals surface area contributed by atoms with Gasteiger partial charge in [0.1, 0.15) is 0 Å². The molecule has 4 N–H and O–H groups in total. The van der Waals surface area contributed by atoms with E-state index in [9.17, 15) is 14.4 Å². The number of urea groups is 1. The Balaban J connectivity index is 0.00000392. The average molecular weight is 418 g/mol. The summed E-state index contributed by atoms with van der Waals surface area (Å²) in [7, 11) is 0.